The molecule has 1 aromatic carbocycles. The second-order valence-electron chi connectivity index (χ2n) is 4.25. The van der Waals surface area contributed by atoms with Crippen molar-refractivity contribution in [3.05, 3.63) is 28.2 Å². The average molecular weight is 292 g/mol. The number of aliphatic hydroxyl groups is 1. The van der Waals surface area contributed by atoms with E-state index < -0.39 is 0 Å². The maximum Gasteiger partial charge on any atom is 0.0758 e. The summed E-state index contributed by atoms with van der Waals surface area (Å²) in [4.78, 5) is 0.993. The zero-order valence-corrected chi connectivity index (χ0v) is 11.7. The quantitative estimate of drug-likeness (QED) is 0.790. The van der Waals surface area contributed by atoms with Crippen molar-refractivity contribution in [3.8, 4) is 0 Å². The molecule has 0 spiro atoms. The highest BCUT2D eigenvalue weighted by molar-refractivity contribution is 7.99. The highest BCUT2D eigenvalue weighted by Crippen LogP contribution is 2.27. The Kier molecular flexibility index (Phi) is 5.00. The molecule has 1 aliphatic rings. The molecule has 0 saturated heterocycles. The molecular formula is C12H15Cl2NOS. The van der Waals surface area contributed by atoms with Crippen molar-refractivity contribution in [2.45, 2.75) is 29.9 Å². The van der Waals surface area contributed by atoms with Gasteiger partial charge in [-0.05, 0) is 31.0 Å². The third kappa shape index (κ3) is 5.06. The van der Waals surface area contributed by atoms with Crippen LogP contribution in [0.2, 0.25) is 10.0 Å². The fraction of sp³-hybridized carbons (Fsp3) is 0.500. The first kappa shape index (κ1) is 13.5. The molecule has 17 heavy (non-hydrogen) atoms. The van der Waals surface area contributed by atoms with Crippen LogP contribution in [-0.4, -0.2) is 29.5 Å². The van der Waals surface area contributed by atoms with Gasteiger partial charge in [0.1, 0.15) is 0 Å². The number of hydrogen-bond donors (Lipinski definition) is 2. The summed E-state index contributed by atoms with van der Waals surface area (Å²) in [7, 11) is 0. The van der Waals surface area contributed by atoms with Gasteiger partial charge in [-0.15, -0.1) is 11.8 Å². The van der Waals surface area contributed by atoms with Gasteiger partial charge in [0.05, 0.1) is 6.10 Å². The van der Waals surface area contributed by atoms with Crippen LogP contribution in [0, 0.1) is 0 Å². The van der Waals surface area contributed by atoms with E-state index in [9.17, 15) is 5.11 Å². The molecule has 0 heterocycles. The van der Waals surface area contributed by atoms with E-state index in [4.69, 9.17) is 23.2 Å². The van der Waals surface area contributed by atoms with E-state index >= 15 is 0 Å². The number of rotatable bonds is 6. The fourth-order valence-electron chi connectivity index (χ4n) is 1.45. The lowest BCUT2D eigenvalue weighted by atomic mass is 10.4. The zero-order valence-electron chi connectivity index (χ0n) is 9.33. The molecule has 0 aromatic heterocycles. The Bertz CT molecular complexity index is 365. The lowest BCUT2D eigenvalue weighted by molar-refractivity contribution is 0.195. The Morgan fingerprint density at radius 2 is 1.94 bits per heavy atom. The molecule has 0 amide bonds. The SMILES string of the molecule is OC(CNC1CC1)CSc1cc(Cl)cc(Cl)c1. The molecular weight excluding hydrogens is 277 g/mol. The number of aliphatic hydroxyl groups excluding tert-OH is 1. The standard InChI is InChI=1S/C12H15Cl2NOS/c13-8-3-9(14)5-12(4-8)17-7-11(16)6-15-10-1-2-10/h3-5,10-11,15-16H,1-2,6-7H2. The maximum absolute atomic E-state index is 9.78. The van der Waals surface area contributed by atoms with Crippen molar-refractivity contribution in [2.24, 2.45) is 0 Å². The van der Waals surface area contributed by atoms with Crippen LogP contribution in [0.3, 0.4) is 0 Å². The van der Waals surface area contributed by atoms with E-state index in [2.05, 4.69) is 5.32 Å². The second kappa shape index (κ2) is 6.30. The van der Waals surface area contributed by atoms with Crippen molar-refractivity contribution in [1.82, 2.24) is 5.32 Å². The molecule has 5 heteroatoms. The van der Waals surface area contributed by atoms with E-state index in [1.165, 1.54) is 12.8 Å². The van der Waals surface area contributed by atoms with Crippen LogP contribution < -0.4 is 5.32 Å². The molecule has 1 aliphatic carbocycles. The van der Waals surface area contributed by atoms with Crippen LogP contribution in [0.5, 0.6) is 0 Å². The lowest BCUT2D eigenvalue weighted by Gasteiger charge is -2.11. The number of halogens is 2. The summed E-state index contributed by atoms with van der Waals surface area (Å²) in [5.41, 5.74) is 0. The van der Waals surface area contributed by atoms with Gasteiger partial charge in [0.25, 0.3) is 0 Å². The lowest BCUT2D eigenvalue weighted by Crippen LogP contribution is -2.29. The molecule has 0 radical (unpaired) electrons. The third-order valence-corrected chi connectivity index (χ3v) is 4.05. The molecule has 0 bridgehead atoms. The Morgan fingerprint density at radius 1 is 1.29 bits per heavy atom. The summed E-state index contributed by atoms with van der Waals surface area (Å²) in [6, 6.07) is 6.06. The molecule has 1 unspecified atom stereocenters. The Morgan fingerprint density at radius 3 is 2.53 bits per heavy atom. The topological polar surface area (TPSA) is 32.3 Å². The minimum Gasteiger partial charge on any atom is -0.391 e. The molecule has 2 N–H and O–H groups in total. The molecule has 1 saturated carbocycles. The maximum atomic E-state index is 9.78. The van der Waals surface area contributed by atoms with Gasteiger partial charge in [0, 0.05) is 33.3 Å². The summed E-state index contributed by atoms with van der Waals surface area (Å²) in [5, 5.41) is 14.3. The van der Waals surface area contributed by atoms with E-state index in [0.29, 0.717) is 28.4 Å². The molecule has 1 fully saturated rings. The molecule has 1 atom stereocenters. The van der Waals surface area contributed by atoms with E-state index in [-0.39, 0.29) is 6.10 Å². The predicted octanol–water partition coefficient (Wildman–Crippen LogP) is 3.20. The van der Waals surface area contributed by atoms with Gasteiger partial charge in [0.2, 0.25) is 0 Å². The molecule has 94 valence electrons. The van der Waals surface area contributed by atoms with Gasteiger partial charge in [-0.2, -0.15) is 0 Å². The van der Waals surface area contributed by atoms with E-state index in [1.807, 2.05) is 12.1 Å². The fourth-order valence-corrected chi connectivity index (χ4v) is 3.03. The van der Waals surface area contributed by atoms with Crippen molar-refractivity contribution in [1.29, 1.82) is 0 Å². The van der Waals surface area contributed by atoms with Gasteiger partial charge in [-0.25, -0.2) is 0 Å². The monoisotopic (exact) mass is 291 g/mol. The number of thioether (sulfide) groups is 1. The first-order valence-corrected chi connectivity index (χ1v) is 7.38. The largest absolute Gasteiger partial charge is 0.391 e. The van der Waals surface area contributed by atoms with Crippen LogP contribution in [0.4, 0.5) is 0 Å². The van der Waals surface area contributed by atoms with Crippen molar-refractivity contribution < 1.29 is 5.11 Å². The Hall–Kier alpha value is 0.0700. The highest BCUT2D eigenvalue weighted by Gasteiger charge is 2.21. The molecule has 2 rings (SSSR count). The summed E-state index contributed by atoms with van der Waals surface area (Å²) >= 11 is 13.4. The molecule has 0 aliphatic heterocycles. The van der Waals surface area contributed by atoms with Gasteiger partial charge < -0.3 is 10.4 Å². The van der Waals surface area contributed by atoms with Crippen molar-refractivity contribution in [3.63, 3.8) is 0 Å². The Balaban J connectivity index is 1.75. The van der Waals surface area contributed by atoms with Crippen LogP contribution in [0.25, 0.3) is 0 Å². The van der Waals surface area contributed by atoms with Crippen LogP contribution >= 0.6 is 35.0 Å². The van der Waals surface area contributed by atoms with Gasteiger partial charge >= 0.3 is 0 Å². The zero-order chi connectivity index (χ0) is 12.3. The summed E-state index contributed by atoms with van der Waals surface area (Å²) < 4.78 is 0. The normalized spacial score (nSPS) is 17.1. The van der Waals surface area contributed by atoms with Gasteiger partial charge in [-0.3, -0.25) is 0 Å². The first-order chi connectivity index (χ1) is 8.13. The molecule has 2 nitrogen and oxygen atoms in total. The minimum atomic E-state index is -0.335. The van der Waals surface area contributed by atoms with Crippen LogP contribution in [0.15, 0.2) is 23.1 Å². The number of benzene rings is 1. The smallest absolute Gasteiger partial charge is 0.0758 e. The summed E-state index contributed by atoms with van der Waals surface area (Å²) in [6.07, 6.45) is 2.14. The number of nitrogens with one attached hydrogen (secondary N) is 1. The summed E-state index contributed by atoms with van der Waals surface area (Å²) in [5.74, 6) is 0.649. The van der Waals surface area contributed by atoms with Crippen molar-refractivity contribution in [2.75, 3.05) is 12.3 Å². The number of hydrogen-bond acceptors (Lipinski definition) is 3. The van der Waals surface area contributed by atoms with Gasteiger partial charge in [-0.1, -0.05) is 23.2 Å². The molecule has 1 aromatic rings. The van der Waals surface area contributed by atoms with E-state index in [1.54, 1.807) is 17.8 Å². The third-order valence-electron chi connectivity index (χ3n) is 2.50. The van der Waals surface area contributed by atoms with Crippen LogP contribution in [-0.2, 0) is 0 Å². The highest BCUT2D eigenvalue weighted by atomic mass is 35.5. The Labute approximate surface area is 116 Å². The van der Waals surface area contributed by atoms with Crippen molar-refractivity contribution >= 4 is 35.0 Å². The van der Waals surface area contributed by atoms with E-state index in [0.717, 1.165) is 4.90 Å². The first-order valence-electron chi connectivity index (χ1n) is 5.64. The average Bonchev–Trinajstić information content (AvgIpc) is 3.06. The van der Waals surface area contributed by atoms with Gasteiger partial charge in [0.15, 0.2) is 0 Å². The minimum absolute atomic E-state index is 0.335. The predicted molar refractivity (Wildman–Crippen MR) is 74.2 cm³/mol. The van der Waals surface area contributed by atoms with Crippen LogP contribution in [0.1, 0.15) is 12.8 Å². The summed E-state index contributed by atoms with van der Waals surface area (Å²) in [6.45, 7) is 0.659. The second-order valence-corrected chi connectivity index (χ2v) is 6.22.